The van der Waals surface area contributed by atoms with Crippen molar-refractivity contribution in [3.8, 4) is 5.75 Å². The molecule has 9 heteroatoms. The summed E-state index contributed by atoms with van der Waals surface area (Å²) in [6.45, 7) is 6.11. The van der Waals surface area contributed by atoms with E-state index in [1.807, 2.05) is 54.6 Å². The van der Waals surface area contributed by atoms with Crippen LogP contribution in [0.3, 0.4) is 0 Å². The fourth-order valence-corrected chi connectivity index (χ4v) is 5.92. The largest absolute Gasteiger partial charge is 0.497 e. The van der Waals surface area contributed by atoms with Gasteiger partial charge in [0.2, 0.25) is 0 Å². The number of urea groups is 1. The minimum Gasteiger partial charge on any atom is -0.497 e. The highest BCUT2D eigenvalue weighted by molar-refractivity contribution is 6.08. The Morgan fingerprint density at radius 1 is 1.00 bits per heavy atom. The fraction of sp³-hybridized carbons (Fsp3) is 0.323. The maximum Gasteiger partial charge on any atom is 0.328 e. The number of hydrogen-bond donors (Lipinski definition) is 0. The summed E-state index contributed by atoms with van der Waals surface area (Å²) in [6.07, 6.45) is 5.56. The van der Waals surface area contributed by atoms with Gasteiger partial charge in [0, 0.05) is 49.2 Å². The van der Waals surface area contributed by atoms with E-state index in [1.165, 1.54) is 4.90 Å². The van der Waals surface area contributed by atoms with Crippen molar-refractivity contribution < 1.29 is 14.3 Å². The molecule has 9 nitrogen and oxygen atoms in total. The molecule has 2 aliphatic heterocycles. The number of ether oxygens (including phenoxy) is 1. The maximum atomic E-state index is 14.6. The van der Waals surface area contributed by atoms with Crippen LogP contribution in [-0.4, -0.2) is 56.9 Å². The van der Waals surface area contributed by atoms with E-state index in [1.54, 1.807) is 30.6 Å². The second-order valence-electron chi connectivity index (χ2n) is 10.8. The minimum atomic E-state index is -1.16. The van der Waals surface area contributed by atoms with Gasteiger partial charge in [-0.2, -0.15) is 0 Å². The number of benzene rings is 2. The highest BCUT2D eigenvalue weighted by Gasteiger charge is 2.60. The predicted octanol–water partition coefficient (Wildman–Crippen LogP) is 4.76. The Balaban J connectivity index is 1.46. The van der Waals surface area contributed by atoms with Gasteiger partial charge >= 0.3 is 6.03 Å². The zero-order chi connectivity index (χ0) is 27.9. The summed E-state index contributed by atoms with van der Waals surface area (Å²) in [7, 11) is 1.64. The second kappa shape index (κ2) is 10.2. The third-order valence-electron chi connectivity index (χ3n) is 7.72. The normalized spacial score (nSPS) is 18.8. The van der Waals surface area contributed by atoms with E-state index < -0.39 is 5.54 Å². The lowest BCUT2D eigenvalue weighted by molar-refractivity contribution is -0.134. The molecule has 40 heavy (non-hydrogen) atoms. The fourth-order valence-electron chi connectivity index (χ4n) is 5.92. The molecule has 4 aromatic rings. The zero-order valence-electron chi connectivity index (χ0n) is 22.9. The number of hydrogen-bond acceptors (Lipinski definition) is 7. The van der Waals surface area contributed by atoms with Crippen molar-refractivity contribution in [3.05, 3.63) is 90.0 Å². The van der Waals surface area contributed by atoms with Gasteiger partial charge in [0.25, 0.3) is 5.91 Å². The third-order valence-corrected chi connectivity index (χ3v) is 7.72. The van der Waals surface area contributed by atoms with Crippen LogP contribution in [0.25, 0.3) is 11.0 Å². The monoisotopic (exact) mass is 536 g/mol. The molecule has 1 atom stereocenters. The van der Waals surface area contributed by atoms with Crippen LogP contribution < -0.4 is 9.64 Å². The summed E-state index contributed by atoms with van der Waals surface area (Å²) in [4.78, 5) is 47.5. The first kappa shape index (κ1) is 25.7. The van der Waals surface area contributed by atoms with Crippen molar-refractivity contribution in [1.82, 2.24) is 24.8 Å². The second-order valence-corrected chi connectivity index (χ2v) is 10.8. The van der Waals surface area contributed by atoms with Crippen LogP contribution in [-0.2, 0) is 23.4 Å². The number of aromatic nitrogens is 3. The molecule has 0 bridgehead atoms. The number of pyridine rings is 1. The van der Waals surface area contributed by atoms with Crippen molar-refractivity contribution in [2.75, 3.05) is 25.1 Å². The molecule has 3 amide bonds. The van der Waals surface area contributed by atoms with Gasteiger partial charge in [-0.05, 0) is 35.7 Å². The number of anilines is 1. The van der Waals surface area contributed by atoms with Crippen molar-refractivity contribution >= 4 is 28.7 Å². The summed E-state index contributed by atoms with van der Waals surface area (Å²) < 4.78 is 5.56. The molecular weight excluding hydrogens is 504 g/mol. The molecule has 0 N–H and O–H groups in total. The molecule has 4 heterocycles. The number of imide groups is 1. The van der Waals surface area contributed by atoms with E-state index >= 15 is 0 Å². The number of nitrogens with zero attached hydrogens (tertiary/aromatic N) is 6. The summed E-state index contributed by atoms with van der Waals surface area (Å²) in [5.41, 5.74) is 3.48. The summed E-state index contributed by atoms with van der Waals surface area (Å²) in [5, 5.41) is 0. The highest BCUT2D eigenvalue weighted by atomic mass is 16.5. The maximum absolute atomic E-state index is 14.6. The molecule has 2 aromatic heterocycles. The first-order valence-corrected chi connectivity index (χ1v) is 13.6. The average molecular weight is 537 g/mol. The number of fused-ring (bicyclic) bond motifs is 3. The zero-order valence-corrected chi connectivity index (χ0v) is 22.9. The van der Waals surface area contributed by atoms with E-state index in [0.29, 0.717) is 30.3 Å². The van der Waals surface area contributed by atoms with Crippen LogP contribution in [0.5, 0.6) is 5.75 Å². The number of amides is 3. The third kappa shape index (κ3) is 4.31. The van der Waals surface area contributed by atoms with Gasteiger partial charge in [0.15, 0.2) is 5.54 Å². The lowest BCUT2D eigenvalue weighted by Gasteiger charge is -2.45. The van der Waals surface area contributed by atoms with Crippen LogP contribution in [0.1, 0.15) is 37.1 Å². The smallest absolute Gasteiger partial charge is 0.328 e. The van der Waals surface area contributed by atoms with Gasteiger partial charge in [0.1, 0.15) is 5.75 Å². The minimum absolute atomic E-state index is 0.0436. The molecule has 1 unspecified atom stereocenters. The van der Waals surface area contributed by atoms with Crippen LogP contribution in [0, 0.1) is 5.92 Å². The first-order valence-electron chi connectivity index (χ1n) is 13.6. The standard InChI is InChI=1S/C31H32N6O3/c1-21(2)18-35-14-12-31(25-11-10-24(40-3)15-28(25)35)29(38)36(30(39)37(31)19-22-7-6-13-32-16-22)20-23-17-33-26-8-4-5-9-27(26)34-23/h4-11,13,15-17,21H,12,14,18-20H2,1-3H3. The molecule has 6 rings (SSSR count). The molecule has 1 fully saturated rings. The molecule has 1 spiro atoms. The Hall–Kier alpha value is -4.53. The molecule has 2 aromatic carbocycles. The quantitative estimate of drug-likeness (QED) is 0.315. The Morgan fingerprint density at radius 2 is 1.82 bits per heavy atom. The molecule has 0 aliphatic carbocycles. The first-order chi connectivity index (χ1) is 19.4. The lowest BCUT2D eigenvalue weighted by Crippen LogP contribution is -2.53. The number of carbonyl (C=O) groups is 2. The molecule has 2 aliphatic rings. The van der Waals surface area contributed by atoms with Crippen molar-refractivity contribution in [2.24, 2.45) is 5.92 Å². The van der Waals surface area contributed by atoms with Gasteiger partial charge in [-0.3, -0.25) is 19.7 Å². The highest BCUT2D eigenvalue weighted by Crippen LogP contribution is 2.49. The van der Waals surface area contributed by atoms with E-state index in [9.17, 15) is 9.59 Å². The van der Waals surface area contributed by atoms with Gasteiger partial charge in [0.05, 0.1) is 43.1 Å². The Morgan fingerprint density at radius 3 is 2.58 bits per heavy atom. The predicted molar refractivity (Wildman–Crippen MR) is 152 cm³/mol. The SMILES string of the molecule is COc1ccc2c(c1)N(CC(C)C)CCC21C(=O)N(Cc2cnc3ccccc3n2)C(=O)N1Cc1cccnc1. The van der Waals surface area contributed by atoms with Crippen molar-refractivity contribution in [1.29, 1.82) is 0 Å². The summed E-state index contributed by atoms with van der Waals surface area (Å²) in [5.74, 6) is 0.888. The van der Waals surface area contributed by atoms with Crippen LogP contribution >= 0.6 is 0 Å². The van der Waals surface area contributed by atoms with Gasteiger partial charge in [-0.15, -0.1) is 0 Å². The van der Waals surface area contributed by atoms with E-state index in [-0.39, 0.29) is 25.0 Å². The summed E-state index contributed by atoms with van der Waals surface area (Å²) in [6, 6.07) is 16.8. The van der Waals surface area contributed by atoms with Gasteiger partial charge in [-0.25, -0.2) is 9.78 Å². The Bertz CT molecular complexity index is 1580. The number of carbonyl (C=O) groups excluding carboxylic acids is 2. The van der Waals surface area contributed by atoms with E-state index in [4.69, 9.17) is 9.72 Å². The van der Waals surface area contributed by atoms with E-state index in [0.717, 1.165) is 34.4 Å². The van der Waals surface area contributed by atoms with Crippen LogP contribution in [0.2, 0.25) is 0 Å². The van der Waals surface area contributed by atoms with Crippen LogP contribution in [0.15, 0.2) is 73.2 Å². The Kier molecular flexibility index (Phi) is 6.57. The van der Waals surface area contributed by atoms with Crippen molar-refractivity contribution in [2.45, 2.75) is 38.9 Å². The van der Waals surface area contributed by atoms with E-state index in [2.05, 4.69) is 28.7 Å². The molecular formula is C31H32N6O3. The number of para-hydroxylation sites is 2. The van der Waals surface area contributed by atoms with Crippen molar-refractivity contribution in [3.63, 3.8) is 0 Å². The van der Waals surface area contributed by atoms with Crippen LogP contribution in [0.4, 0.5) is 10.5 Å². The average Bonchev–Trinajstić information content (AvgIpc) is 3.16. The molecule has 0 radical (unpaired) electrons. The molecule has 204 valence electrons. The topological polar surface area (TPSA) is 91.8 Å². The Labute approximate surface area is 233 Å². The lowest BCUT2D eigenvalue weighted by atomic mass is 9.80. The molecule has 0 saturated carbocycles. The van der Waals surface area contributed by atoms with Gasteiger partial charge < -0.3 is 14.5 Å². The number of rotatable bonds is 7. The number of methoxy groups -OCH3 is 1. The summed E-state index contributed by atoms with van der Waals surface area (Å²) >= 11 is 0. The molecule has 1 saturated heterocycles. The van der Waals surface area contributed by atoms with Gasteiger partial charge in [-0.1, -0.05) is 38.1 Å².